The Bertz CT molecular complexity index is 523. The molecule has 0 unspecified atom stereocenters. The van der Waals surface area contributed by atoms with E-state index in [1.165, 1.54) is 4.90 Å². The van der Waals surface area contributed by atoms with Crippen molar-refractivity contribution in [1.82, 2.24) is 15.0 Å². The summed E-state index contributed by atoms with van der Waals surface area (Å²) in [6.45, 7) is 2.15. The summed E-state index contributed by atoms with van der Waals surface area (Å²) in [5, 5.41) is 1.60. The topological polar surface area (TPSA) is 133 Å². The van der Waals surface area contributed by atoms with Crippen LogP contribution in [0.1, 0.15) is 19.8 Å². The van der Waals surface area contributed by atoms with Crippen LogP contribution in [0.3, 0.4) is 0 Å². The van der Waals surface area contributed by atoms with Crippen molar-refractivity contribution in [3.05, 3.63) is 0 Å². The van der Waals surface area contributed by atoms with Crippen LogP contribution in [0, 0.1) is 0 Å². The molecule has 2 saturated heterocycles. The molecule has 0 spiro atoms. The number of rotatable bonds is 4. The summed E-state index contributed by atoms with van der Waals surface area (Å²) < 4.78 is 34.3. The van der Waals surface area contributed by atoms with Crippen molar-refractivity contribution in [2.45, 2.75) is 31.8 Å². The van der Waals surface area contributed by atoms with E-state index in [1.54, 1.807) is 6.92 Å². The molecule has 0 aromatic rings. The number of hydroxylamine groups is 2. The Kier molecular flexibility index (Phi) is 3.86. The SMILES string of the molecule is CCN(N)C(=O)[C@@H]1CC[C@@H]2CN1C(=O)N2OS(=O)(=O)O. The third-order valence-electron chi connectivity index (χ3n) is 3.41. The average molecular weight is 308 g/mol. The maximum atomic E-state index is 12.0. The van der Waals surface area contributed by atoms with Crippen LogP contribution in [-0.2, 0) is 19.5 Å². The van der Waals surface area contributed by atoms with Gasteiger partial charge in [0.05, 0.1) is 6.04 Å². The van der Waals surface area contributed by atoms with Gasteiger partial charge in [0.1, 0.15) is 6.04 Å². The average Bonchev–Trinajstić information content (AvgIpc) is 2.61. The lowest BCUT2D eigenvalue weighted by atomic mass is 10.0. The molecule has 2 fully saturated rings. The van der Waals surface area contributed by atoms with Gasteiger partial charge in [0, 0.05) is 13.1 Å². The van der Waals surface area contributed by atoms with Gasteiger partial charge < -0.3 is 4.90 Å². The summed E-state index contributed by atoms with van der Waals surface area (Å²) in [4.78, 5) is 25.3. The van der Waals surface area contributed by atoms with Crippen LogP contribution in [0.15, 0.2) is 0 Å². The standard InChI is InChI=1S/C9H16N4O6S/c1-2-12(10)8(14)7-4-3-6-5-11(7)9(15)13(6)19-20(16,17)18/h6-7H,2-5,10H2,1H3,(H,16,17,18)/t6-,7+/m1/s1. The van der Waals surface area contributed by atoms with Crippen LogP contribution in [0.2, 0.25) is 0 Å². The lowest BCUT2D eigenvalue weighted by Crippen LogP contribution is -2.53. The van der Waals surface area contributed by atoms with Crippen molar-refractivity contribution in [3.8, 4) is 0 Å². The number of fused-ring (bicyclic) bond motifs is 2. The maximum absolute atomic E-state index is 12.0. The fraction of sp³-hybridized carbons (Fsp3) is 0.778. The molecule has 10 nitrogen and oxygen atoms in total. The molecule has 0 aliphatic carbocycles. The Balaban J connectivity index is 2.16. The monoisotopic (exact) mass is 308 g/mol. The molecular formula is C9H16N4O6S. The van der Waals surface area contributed by atoms with Crippen LogP contribution in [0.5, 0.6) is 0 Å². The number of nitrogens with two attached hydrogens (primary N) is 1. The second-order valence-corrected chi connectivity index (χ2v) is 5.64. The van der Waals surface area contributed by atoms with Crippen molar-refractivity contribution in [3.63, 3.8) is 0 Å². The number of hydrogen-bond donors (Lipinski definition) is 2. The van der Waals surface area contributed by atoms with Gasteiger partial charge in [-0.15, -0.1) is 4.28 Å². The molecule has 2 aliphatic rings. The van der Waals surface area contributed by atoms with E-state index in [0.717, 1.165) is 5.01 Å². The van der Waals surface area contributed by atoms with Gasteiger partial charge in [0.2, 0.25) is 0 Å². The molecule has 2 rings (SSSR count). The Hall–Kier alpha value is -1.43. The molecular weight excluding hydrogens is 292 g/mol. The summed E-state index contributed by atoms with van der Waals surface area (Å²) >= 11 is 0. The molecule has 0 aromatic heterocycles. The number of carbonyl (C=O) groups excluding carboxylic acids is 2. The first kappa shape index (κ1) is 15.0. The van der Waals surface area contributed by atoms with E-state index in [1.807, 2.05) is 0 Å². The summed E-state index contributed by atoms with van der Waals surface area (Å²) in [7, 11) is -4.78. The summed E-state index contributed by atoms with van der Waals surface area (Å²) in [5.41, 5.74) is 0. The van der Waals surface area contributed by atoms with Crippen LogP contribution in [0.25, 0.3) is 0 Å². The largest absolute Gasteiger partial charge is 0.418 e. The van der Waals surface area contributed by atoms with E-state index >= 15 is 0 Å². The predicted octanol–water partition coefficient (Wildman–Crippen LogP) is -1.29. The van der Waals surface area contributed by atoms with E-state index in [9.17, 15) is 18.0 Å². The van der Waals surface area contributed by atoms with E-state index in [4.69, 9.17) is 10.4 Å². The van der Waals surface area contributed by atoms with Gasteiger partial charge in [0.25, 0.3) is 5.91 Å². The molecule has 114 valence electrons. The summed E-state index contributed by atoms with van der Waals surface area (Å²) in [6, 6.07) is -2.02. The zero-order valence-corrected chi connectivity index (χ0v) is 11.6. The van der Waals surface area contributed by atoms with E-state index in [-0.39, 0.29) is 6.54 Å². The number of piperidine rings is 1. The Morgan fingerprint density at radius 1 is 1.55 bits per heavy atom. The third kappa shape index (κ3) is 2.70. The molecule has 20 heavy (non-hydrogen) atoms. The van der Waals surface area contributed by atoms with Gasteiger partial charge in [-0.05, 0) is 19.8 Å². The third-order valence-corrected chi connectivity index (χ3v) is 3.76. The number of nitrogens with zero attached hydrogens (tertiary/aromatic N) is 3. The van der Waals surface area contributed by atoms with Crippen molar-refractivity contribution in [1.29, 1.82) is 0 Å². The first-order chi connectivity index (χ1) is 9.24. The Morgan fingerprint density at radius 3 is 2.75 bits per heavy atom. The van der Waals surface area contributed by atoms with Crippen LogP contribution < -0.4 is 5.84 Å². The van der Waals surface area contributed by atoms with E-state index < -0.39 is 34.4 Å². The summed E-state index contributed by atoms with van der Waals surface area (Å²) in [6.07, 6.45) is 0.736. The molecule has 2 bridgehead atoms. The molecule has 0 aromatic carbocycles. The highest BCUT2D eigenvalue weighted by Gasteiger charge is 2.49. The van der Waals surface area contributed by atoms with E-state index in [0.29, 0.717) is 24.4 Å². The summed E-state index contributed by atoms with van der Waals surface area (Å²) in [5.74, 6) is 5.12. The highest BCUT2D eigenvalue weighted by atomic mass is 32.3. The second kappa shape index (κ2) is 5.16. The van der Waals surface area contributed by atoms with Crippen molar-refractivity contribution in [2.24, 2.45) is 5.84 Å². The Morgan fingerprint density at radius 2 is 2.20 bits per heavy atom. The van der Waals surface area contributed by atoms with Gasteiger partial charge in [-0.25, -0.2) is 10.6 Å². The zero-order valence-electron chi connectivity index (χ0n) is 10.8. The molecule has 3 amide bonds. The minimum Gasteiger partial charge on any atom is -0.309 e. The highest BCUT2D eigenvalue weighted by molar-refractivity contribution is 7.80. The lowest BCUT2D eigenvalue weighted by Gasteiger charge is -2.31. The predicted molar refractivity (Wildman–Crippen MR) is 65.0 cm³/mol. The highest BCUT2D eigenvalue weighted by Crippen LogP contribution is 2.31. The van der Waals surface area contributed by atoms with E-state index in [2.05, 4.69) is 4.28 Å². The zero-order chi connectivity index (χ0) is 15.1. The molecule has 3 N–H and O–H groups in total. The number of likely N-dealkylation sites (N-methyl/N-ethyl adjacent to an activating group) is 1. The van der Waals surface area contributed by atoms with Crippen LogP contribution >= 0.6 is 0 Å². The molecule has 2 heterocycles. The molecule has 0 radical (unpaired) electrons. The number of carbonyl (C=O) groups is 2. The second-order valence-electron chi connectivity index (χ2n) is 4.63. The van der Waals surface area contributed by atoms with Crippen molar-refractivity contribution >= 4 is 22.3 Å². The fourth-order valence-electron chi connectivity index (χ4n) is 2.44. The number of hydrazine groups is 1. The fourth-order valence-corrected chi connectivity index (χ4v) is 2.82. The van der Waals surface area contributed by atoms with Crippen LogP contribution in [0.4, 0.5) is 4.79 Å². The van der Waals surface area contributed by atoms with Crippen molar-refractivity contribution in [2.75, 3.05) is 13.1 Å². The Labute approximate surface area is 115 Å². The molecule has 11 heteroatoms. The van der Waals surface area contributed by atoms with Crippen molar-refractivity contribution < 1.29 is 26.8 Å². The van der Waals surface area contributed by atoms with Gasteiger partial charge >= 0.3 is 16.4 Å². The first-order valence-electron chi connectivity index (χ1n) is 6.07. The number of urea groups is 1. The van der Waals surface area contributed by atoms with Gasteiger partial charge in [0.15, 0.2) is 0 Å². The lowest BCUT2D eigenvalue weighted by molar-refractivity contribution is -0.136. The quantitative estimate of drug-likeness (QED) is 0.286. The van der Waals surface area contributed by atoms with Gasteiger partial charge in [-0.2, -0.15) is 13.5 Å². The molecule has 2 aliphatic heterocycles. The molecule has 2 atom stereocenters. The van der Waals surface area contributed by atoms with Gasteiger partial charge in [-0.1, -0.05) is 0 Å². The smallest absolute Gasteiger partial charge is 0.309 e. The maximum Gasteiger partial charge on any atom is 0.418 e. The normalized spacial score (nSPS) is 26.1. The number of hydrogen-bond acceptors (Lipinski definition) is 6. The van der Waals surface area contributed by atoms with Crippen LogP contribution in [-0.4, -0.2) is 65.1 Å². The minimum absolute atomic E-state index is 0.155. The van der Waals surface area contributed by atoms with Gasteiger partial charge in [-0.3, -0.25) is 14.4 Å². The minimum atomic E-state index is -4.78. The first-order valence-corrected chi connectivity index (χ1v) is 7.44. The number of amides is 3. The molecule has 0 saturated carbocycles.